The van der Waals surface area contributed by atoms with Gasteiger partial charge in [0, 0.05) is 62.2 Å². The zero-order valence-corrected chi connectivity index (χ0v) is 32.2. The Kier molecular flexibility index (Phi) is 6.54. The van der Waals surface area contributed by atoms with Gasteiger partial charge >= 0.3 is 0 Å². The average Bonchev–Trinajstić information content (AvgIpc) is 3.96. The lowest BCUT2D eigenvalue weighted by Gasteiger charge is -2.18. The second-order valence-corrected chi connectivity index (χ2v) is 17.2. The fourth-order valence-corrected chi connectivity index (χ4v) is 12.1. The highest BCUT2D eigenvalue weighted by Gasteiger charge is 2.22. The second kappa shape index (κ2) is 11.9. The number of hydrogen-bond donors (Lipinski definition) is 0. The Morgan fingerprint density at radius 2 is 0.912 bits per heavy atom. The highest BCUT2D eigenvalue weighted by Crippen LogP contribution is 2.50. The SMILES string of the molecule is c1ccc2c(-c3ccc(-c4c5ccccc5c(-c5cccc6c5sc5ccccc56)c5ccccc45)cc3)c3sc4ccc5c6ccccc6oc5c4c3cc2c1. The summed E-state index contributed by atoms with van der Waals surface area (Å²) in [7, 11) is 0. The molecule has 10 aromatic carbocycles. The van der Waals surface area contributed by atoms with Gasteiger partial charge in [0.25, 0.3) is 0 Å². The molecule has 0 atom stereocenters. The number of fused-ring (bicyclic) bond motifs is 13. The first-order valence-electron chi connectivity index (χ1n) is 19.4. The highest BCUT2D eigenvalue weighted by molar-refractivity contribution is 7.27. The lowest BCUT2D eigenvalue weighted by molar-refractivity contribution is 0.673. The zero-order valence-electron chi connectivity index (χ0n) is 30.5. The van der Waals surface area contributed by atoms with Crippen molar-refractivity contribution in [2.75, 3.05) is 0 Å². The Morgan fingerprint density at radius 1 is 0.333 bits per heavy atom. The van der Waals surface area contributed by atoms with Gasteiger partial charge < -0.3 is 4.42 Å². The van der Waals surface area contributed by atoms with E-state index in [1.165, 1.54) is 111 Å². The molecule has 1 nitrogen and oxygen atoms in total. The third-order valence-corrected chi connectivity index (χ3v) is 14.5. The van der Waals surface area contributed by atoms with Gasteiger partial charge in [0.15, 0.2) is 0 Å². The summed E-state index contributed by atoms with van der Waals surface area (Å²) in [6, 6.07) is 67.1. The van der Waals surface area contributed by atoms with Crippen molar-refractivity contribution in [2.24, 2.45) is 0 Å². The second-order valence-electron chi connectivity index (χ2n) is 15.1. The number of rotatable bonds is 3. The van der Waals surface area contributed by atoms with Crippen LogP contribution in [0.15, 0.2) is 186 Å². The Hall–Kier alpha value is -6.78. The number of para-hydroxylation sites is 1. The summed E-state index contributed by atoms with van der Waals surface area (Å²) in [4.78, 5) is 0. The molecule has 3 heteroatoms. The molecule has 0 radical (unpaired) electrons. The third kappa shape index (κ3) is 4.44. The summed E-state index contributed by atoms with van der Waals surface area (Å²) in [6.45, 7) is 0. The van der Waals surface area contributed by atoms with Crippen molar-refractivity contribution in [3.8, 4) is 33.4 Å². The molecule has 0 aliphatic heterocycles. The minimum absolute atomic E-state index is 0.932. The maximum atomic E-state index is 6.60. The lowest BCUT2D eigenvalue weighted by atomic mass is 9.85. The van der Waals surface area contributed by atoms with Crippen molar-refractivity contribution in [1.82, 2.24) is 0 Å². The molecule has 57 heavy (non-hydrogen) atoms. The largest absolute Gasteiger partial charge is 0.455 e. The molecule has 0 fully saturated rings. The van der Waals surface area contributed by atoms with Crippen LogP contribution in [0.3, 0.4) is 0 Å². The van der Waals surface area contributed by atoms with Crippen LogP contribution in [-0.4, -0.2) is 0 Å². The van der Waals surface area contributed by atoms with Crippen molar-refractivity contribution in [3.05, 3.63) is 182 Å². The summed E-state index contributed by atoms with van der Waals surface area (Å²) < 4.78 is 11.8. The van der Waals surface area contributed by atoms with E-state index in [0.717, 1.165) is 16.6 Å². The molecular weight excluding hydrogens is 729 g/mol. The Labute approximate surface area is 335 Å². The van der Waals surface area contributed by atoms with Gasteiger partial charge in [-0.05, 0) is 84.9 Å². The summed E-state index contributed by atoms with van der Waals surface area (Å²) in [5.41, 5.74) is 9.50. The average molecular weight is 759 g/mol. The highest BCUT2D eigenvalue weighted by atomic mass is 32.1. The fourth-order valence-electron chi connectivity index (χ4n) is 9.60. The lowest BCUT2D eigenvalue weighted by Crippen LogP contribution is -1.91. The third-order valence-electron chi connectivity index (χ3n) is 12.1. The van der Waals surface area contributed by atoms with Gasteiger partial charge in [0.2, 0.25) is 0 Å². The normalized spacial score (nSPS) is 12.2. The van der Waals surface area contributed by atoms with Gasteiger partial charge in [-0.25, -0.2) is 0 Å². The van der Waals surface area contributed by atoms with Crippen LogP contribution in [0.1, 0.15) is 0 Å². The van der Waals surface area contributed by atoms with E-state index < -0.39 is 0 Å². The standard InChI is InChI=1S/C54H30OS2/c1-2-13-34-33(12-1)30-44-51-47(29-28-41-35-14-7-9-22-45(35)55-52(41)51)57-54(44)49(34)32-26-24-31(25-27-32)48-37-16-3-5-18-39(37)50(40-19-6-4-17-38(40)48)43-21-11-20-42-36-15-8-10-23-46(36)56-53(42)43/h1-30H. The van der Waals surface area contributed by atoms with Crippen LogP contribution in [0.4, 0.5) is 0 Å². The molecule has 0 unspecified atom stereocenters. The summed E-state index contributed by atoms with van der Waals surface area (Å²) in [6.07, 6.45) is 0. The monoisotopic (exact) mass is 758 g/mol. The minimum atomic E-state index is 0.932. The van der Waals surface area contributed by atoms with Gasteiger partial charge in [-0.15, -0.1) is 22.7 Å². The molecular formula is C54H30OS2. The first kappa shape index (κ1) is 31.4. The van der Waals surface area contributed by atoms with Gasteiger partial charge in [0.05, 0.1) is 0 Å². The van der Waals surface area contributed by atoms with Crippen LogP contribution in [0.2, 0.25) is 0 Å². The predicted octanol–water partition coefficient (Wildman–Crippen LogP) is 16.8. The fraction of sp³-hybridized carbons (Fsp3) is 0. The number of thiophene rings is 2. The van der Waals surface area contributed by atoms with Crippen LogP contribution in [0, 0.1) is 0 Å². The van der Waals surface area contributed by atoms with Gasteiger partial charge in [-0.3, -0.25) is 0 Å². The summed E-state index contributed by atoms with van der Waals surface area (Å²) in [5.74, 6) is 0. The van der Waals surface area contributed by atoms with Crippen molar-refractivity contribution < 1.29 is 4.42 Å². The number of benzene rings is 10. The van der Waals surface area contributed by atoms with E-state index in [0.29, 0.717) is 0 Å². The van der Waals surface area contributed by atoms with E-state index in [-0.39, 0.29) is 0 Å². The molecule has 0 saturated carbocycles. The maximum Gasteiger partial charge on any atom is 0.144 e. The maximum absolute atomic E-state index is 6.60. The number of hydrogen-bond acceptors (Lipinski definition) is 3. The zero-order chi connectivity index (χ0) is 37.2. The molecule has 13 aromatic rings. The van der Waals surface area contributed by atoms with Gasteiger partial charge in [0.1, 0.15) is 11.2 Å². The minimum Gasteiger partial charge on any atom is -0.455 e. The van der Waals surface area contributed by atoms with E-state index in [1.807, 2.05) is 22.7 Å². The molecule has 3 aromatic heterocycles. The van der Waals surface area contributed by atoms with E-state index in [1.54, 1.807) is 0 Å². The predicted molar refractivity (Wildman–Crippen MR) is 248 cm³/mol. The van der Waals surface area contributed by atoms with E-state index in [4.69, 9.17) is 4.42 Å². The van der Waals surface area contributed by atoms with E-state index in [2.05, 4.69) is 182 Å². The molecule has 264 valence electrons. The van der Waals surface area contributed by atoms with E-state index >= 15 is 0 Å². The van der Waals surface area contributed by atoms with E-state index in [9.17, 15) is 0 Å². The smallest absolute Gasteiger partial charge is 0.144 e. The molecule has 13 rings (SSSR count). The number of furan rings is 1. The molecule has 0 N–H and O–H groups in total. The van der Waals surface area contributed by atoms with Crippen LogP contribution in [-0.2, 0) is 0 Å². The van der Waals surface area contributed by atoms with Crippen molar-refractivity contribution in [1.29, 1.82) is 0 Å². The van der Waals surface area contributed by atoms with Crippen molar-refractivity contribution >= 4 is 117 Å². The molecule has 0 saturated heterocycles. The molecule has 3 heterocycles. The summed E-state index contributed by atoms with van der Waals surface area (Å²) in [5, 5.41) is 15.0. The van der Waals surface area contributed by atoms with Crippen molar-refractivity contribution in [3.63, 3.8) is 0 Å². The van der Waals surface area contributed by atoms with Crippen LogP contribution < -0.4 is 0 Å². The molecule has 0 aliphatic carbocycles. The molecule has 0 aliphatic rings. The summed E-state index contributed by atoms with van der Waals surface area (Å²) >= 11 is 3.77. The molecule has 0 amide bonds. The van der Waals surface area contributed by atoms with Gasteiger partial charge in [-0.1, -0.05) is 152 Å². The topological polar surface area (TPSA) is 13.1 Å². The van der Waals surface area contributed by atoms with Crippen LogP contribution >= 0.6 is 22.7 Å². The Morgan fingerprint density at radius 3 is 1.67 bits per heavy atom. The van der Waals surface area contributed by atoms with Crippen LogP contribution in [0.25, 0.3) is 128 Å². The van der Waals surface area contributed by atoms with Gasteiger partial charge in [-0.2, -0.15) is 0 Å². The first-order chi connectivity index (χ1) is 28.3. The molecule has 0 spiro atoms. The quantitative estimate of drug-likeness (QED) is 0.164. The van der Waals surface area contributed by atoms with Crippen molar-refractivity contribution in [2.45, 2.75) is 0 Å². The molecule has 0 bridgehead atoms. The van der Waals surface area contributed by atoms with Crippen LogP contribution in [0.5, 0.6) is 0 Å². The Bertz CT molecular complexity index is 3750. The Balaban J connectivity index is 1.04. The first-order valence-corrected chi connectivity index (χ1v) is 21.0.